The molecule has 70 valence electrons. The quantitative estimate of drug-likeness (QED) is 0.799. The predicted octanol–water partition coefficient (Wildman–Crippen LogP) is 1.92. The fourth-order valence-electron chi connectivity index (χ4n) is 1.45. The molecule has 0 bridgehead atoms. The van der Waals surface area contributed by atoms with E-state index in [-0.39, 0.29) is 6.04 Å². The van der Waals surface area contributed by atoms with Gasteiger partial charge in [-0.2, -0.15) is 0 Å². The van der Waals surface area contributed by atoms with E-state index in [2.05, 4.69) is 17.5 Å². The molecule has 0 fully saturated rings. The molecule has 3 heteroatoms. The number of thiophene rings is 1. The van der Waals surface area contributed by atoms with E-state index in [0.29, 0.717) is 0 Å². The molecule has 2 N–H and O–H groups in total. The summed E-state index contributed by atoms with van der Waals surface area (Å²) in [6.45, 7) is 0.799. The monoisotopic (exact) mass is 195 g/mol. The average Bonchev–Trinajstić information content (AvgIpc) is 2.74. The van der Waals surface area contributed by atoms with Crippen molar-refractivity contribution < 1.29 is 4.74 Å². The normalized spacial score (nSPS) is 18.1. The SMILES string of the molecule is NC(Cc1cccs1)C1=COCC1. The van der Waals surface area contributed by atoms with E-state index in [4.69, 9.17) is 10.5 Å². The molecule has 0 spiro atoms. The van der Waals surface area contributed by atoms with Gasteiger partial charge in [0.1, 0.15) is 0 Å². The first-order chi connectivity index (χ1) is 6.36. The van der Waals surface area contributed by atoms with Crippen LogP contribution in [0.25, 0.3) is 0 Å². The number of hydrogen-bond acceptors (Lipinski definition) is 3. The highest BCUT2D eigenvalue weighted by atomic mass is 32.1. The van der Waals surface area contributed by atoms with Gasteiger partial charge in [0.2, 0.25) is 0 Å². The standard InChI is InChI=1S/C10H13NOS/c11-10(8-3-4-12-7-8)6-9-2-1-5-13-9/h1-2,5,7,10H,3-4,6,11H2. The zero-order valence-electron chi connectivity index (χ0n) is 7.40. The average molecular weight is 195 g/mol. The predicted molar refractivity (Wildman–Crippen MR) is 54.7 cm³/mol. The molecular weight excluding hydrogens is 182 g/mol. The Morgan fingerprint density at radius 3 is 3.15 bits per heavy atom. The van der Waals surface area contributed by atoms with Gasteiger partial charge >= 0.3 is 0 Å². The molecule has 1 aliphatic heterocycles. The maximum absolute atomic E-state index is 6.03. The molecule has 1 aromatic heterocycles. The molecule has 0 saturated heterocycles. The third kappa shape index (κ3) is 2.11. The van der Waals surface area contributed by atoms with E-state index in [0.717, 1.165) is 19.4 Å². The van der Waals surface area contributed by atoms with Gasteiger partial charge in [-0.15, -0.1) is 11.3 Å². The van der Waals surface area contributed by atoms with Gasteiger partial charge in [0.15, 0.2) is 0 Å². The lowest BCUT2D eigenvalue weighted by Gasteiger charge is -2.09. The largest absolute Gasteiger partial charge is 0.501 e. The summed E-state index contributed by atoms with van der Waals surface area (Å²) < 4.78 is 5.16. The second kappa shape index (κ2) is 3.94. The zero-order valence-corrected chi connectivity index (χ0v) is 8.22. The molecule has 0 amide bonds. The first kappa shape index (κ1) is 8.78. The van der Waals surface area contributed by atoms with Crippen molar-refractivity contribution in [3.63, 3.8) is 0 Å². The van der Waals surface area contributed by atoms with Gasteiger partial charge in [-0.3, -0.25) is 0 Å². The third-order valence-electron chi connectivity index (χ3n) is 2.22. The van der Waals surface area contributed by atoms with Gasteiger partial charge in [-0.1, -0.05) is 6.07 Å². The van der Waals surface area contributed by atoms with Gasteiger partial charge in [0.05, 0.1) is 12.9 Å². The Bertz CT molecular complexity index is 292. The van der Waals surface area contributed by atoms with E-state index >= 15 is 0 Å². The number of hydrogen-bond donors (Lipinski definition) is 1. The second-order valence-corrected chi connectivity index (χ2v) is 4.24. The molecule has 2 heterocycles. The highest BCUT2D eigenvalue weighted by molar-refractivity contribution is 7.09. The van der Waals surface area contributed by atoms with Crippen LogP contribution in [0.5, 0.6) is 0 Å². The fraction of sp³-hybridized carbons (Fsp3) is 0.400. The lowest BCUT2D eigenvalue weighted by molar-refractivity contribution is 0.281. The van der Waals surface area contributed by atoms with Crippen molar-refractivity contribution >= 4 is 11.3 Å². The summed E-state index contributed by atoms with van der Waals surface area (Å²) in [4.78, 5) is 1.35. The smallest absolute Gasteiger partial charge is 0.0912 e. The summed E-state index contributed by atoms with van der Waals surface area (Å²) in [7, 11) is 0. The van der Waals surface area contributed by atoms with E-state index in [9.17, 15) is 0 Å². The molecule has 1 atom stereocenters. The minimum absolute atomic E-state index is 0.140. The van der Waals surface area contributed by atoms with Crippen LogP contribution in [-0.4, -0.2) is 12.6 Å². The Morgan fingerprint density at radius 1 is 1.62 bits per heavy atom. The van der Waals surface area contributed by atoms with E-state index in [1.165, 1.54) is 10.5 Å². The van der Waals surface area contributed by atoms with Crippen LogP contribution >= 0.6 is 11.3 Å². The summed E-state index contributed by atoms with van der Waals surface area (Å²) in [5.41, 5.74) is 7.27. The topological polar surface area (TPSA) is 35.2 Å². The zero-order chi connectivity index (χ0) is 9.10. The highest BCUT2D eigenvalue weighted by Crippen LogP contribution is 2.18. The Hall–Kier alpha value is -0.800. The van der Waals surface area contributed by atoms with Crippen LogP contribution in [0, 0.1) is 0 Å². The van der Waals surface area contributed by atoms with Gasteiger partial charge in [-0.25, -0.2) is 0 Å². The molecule has 2 nitrogen and oxygen atoms in total. The summed E-state index contributed by atoms with van der Waals surface area (Å²) >= 11 is 1.76. The van der Waals surface area contributed by atoms with Crippen molar-refractivity contribution in [3.05, 3.63) is 34.2 Å². The van der Waals surface area contributed by atoms with Gasteiger partial charge < -0.3 is 10.5 Å². The first-order valence-electron chi connectivity index (χ1n) is 4.45. The molecule has 0 saturated carbocycles. The van der Waals surface area contributed by atoms with Crippen molar-refractivity contribution in [2.45, 2.75) is 18.9 Å². The summed E-state index contributed by atoms with van der Waals surface area (Å²) in [6.07, 6.45) is 3.75. The summed E-state index contributed by atoms with van der Waals surface area (Å²) in [5, 5.41) is 2.08. The number of rotatable bonds is 3. The molecule has 0 radical (unpaired) electrons. The number of ether oxygens (including phenoxy) is 1. The Kier molecular flexibility index (Phi) is 2.66. The molecule has 1 unspecified atom stereocenters. The summed E-state index contributed by atoms with van der Waals surface area (Å²) in [6, 6.07) is 4.33. The first-order valence-corrected chi connectivity index (χ1v) is 5.33. The minimum atomic E-state index is 0.140. The molecule has 13 heavy (non-hydrogen) atoms. The molecule has 2 rings (SSSR count). The van der Waals surface area contributed by atoms with E-state index in [1.54, 1.807) is 11.3 Å². The molecular formula is C10H13NOS. The van der Waals surface area contributed by atoms with Crippen LogP contribution in [0.2, 0.25) is 0 Å². The van der Waals surface area contributed by atoms with Crippen LogP contribution in [0.3, 0.4) is 0 Å². The molecule has 0 aliphatic carbocycles. The lowest BCUT2D eigenvalue weighted by atomic mass is 10.0. The van der Waals surface area contributed by atoms with Crippen molar-refractivity contribution in [2.24, 2.45) is 5.73 Å². The highest BCUT2D eigenvalue weighted by Gasteiger charge is 2.14. The third-order valence-corrected chi connectivity index (χ3v) is 3.12. The van der Waals surface area contributed by atoms with Crippen molar-refractivity contribution in [1.82, 2.24) is 0 Å². The molecule has 1 aliphatic rings. The fourth-order valence-corrected chi connectivity index (χ4v) is 2.22. The van der Waals surface area contributed by atoms with Gasteiger partial charge in [0, 0.05) is 23.8 Å². The lowest BCUT2D eigenvalue weighted by Crippen LogP contribution is -2.24. The van der Waals surface area contributed by atoms with Crippen molar-refractivity contribution in [2.75, 3.05) is 6.61 Å². The van der Waals surface area contributed by atoms with Crippen LogP contribution in [0.1, 0.15) is 11.3 Å². The van der Waals surface area contributed by atoms with Crippen LogP contribution < -0.4 is 5.73 Å². The van der Waals surface area contributed by atoms with Crippen molar-refractivity contribution in [1.29, 1.82) is 0 Å². The summed E-state index contributed by atoms with van der Waals surface area (Å²) in [5.74, 6) is 0. The molecule has 1 aromatic rings. The minimum Gasteiger partial charge on any atom is -0.501 e. The maximum Gasteiger partial charge on any atom is 0.0912 e. The van der Waals surface area contributed by atoms with E-state index in [1.807, 2.05) is 6.26 Å². The van der Waals surface area contributed by atoms with Crippen LogP contribution in [-0.2, 0) is 11.2 Å². The van der Waals surface area contributed by atoms with E-state index < -0.39 is 0 Å². The van der Waals surface area contributed by atoms with Gasteiger partial charge in [-0.05, 0) is 17.0 Å². The number of nitrogens with two attached hydrogens (primary N) is 1. The van der Waals surface area contributed by atoms with Gasteiger partial charge in [0.25, 0.3) is 0 Å². The Balaban J connectivity index is 1.95. The molecule has 0 aromatic carbocycles. The Labute approximate surface area is 82.0 Å². The maximum atomic E-state index is 6.03. The second-order valence-electron chi connectivity index (χ2n) is 3.20. The Morgan fingerprint density at radius 2 is 2.54 bits per heavy atom. The van der Waals surface area contributed by atoms with Crippen LogP contribution in [0.4, 0.5) is 0 Å². The van der Waals surface area contributed by atoms with Crippen molar-refractivity contribution in [3.8, 4) is 0 Å². The van der Waals surface area contributed by atoms with Crippen LogP contribution in [0.15, 0.2) is 29.3 Å².